The molecule has 1 aromatic carbocycles. The Bertz CT molecular complexity index is 348. The highest BCUT2D eigenvalue weighted by molar-refractivity contribution is 5.30. The first-order valence-corrected chi connectivity index (χ1v) is 6.40. The number of methoxy groups -OCH3 is 1. The Hall–Kier alpha value is -1.06. The first-order valence-electron chi connectivity index (χ1n) is 6.40. The minimum atomic E-state index is 0.120. The molecular weight excluding hydrogens is 212 g/mol. The molecule has 0 amide bonds. The van der Waals surface area contributed by atoms with Gasteiger partial charge in [-0.05, 0) is 56.0 Å². The summed E-state index contributed by atoms with van der Waals surface area (Å²) in [6.45, 7) is 2.27. The molecule has 2 unspecified atom stereocenters. The van der Waals surface area contributed by atoms with Crippen molar-refractivity contribution in [2.75, 3.05) is 20.2 Å². The third-order valence-electron chi connectivity index (χ3n) is 3.51. The van der Waals surface area contributed by atoms with Gasteiger partial charge in [0.15, 0.2) is 0 Å². The summed E-state index contributed by atoms with van der Waals surface area (Å²) >= 11 is 0. The SMILES string of the molecule is COc1cccc(C(N)CC2CCCNC2)c1. The molecule has 1 aliphatic heterocycles. The molecule has 3 heteroatoms. The highest BCUT2D eigenvalue weighted by Gasteiger charge is 2.17. The normalized spacial score (nSPS) is 22.1. The molecule has 1 saturated heterocycles. The summed E-state index contributed by atoms with van der Waals surface area (Å²) in [5.74, 6) is 1.60. The van der Waals surface area contributed by atoms with Crippen LogP contribution >= 0.6 is 0 Å². The third-order valence-corrected chi connectivity index (χ3v) is 3.51. The molecule has 0 spiro atoms. The molecule has 2 atom stereocenters. The van der Waals surface area contributed by atoms with Crippen LogP contribution in [0.3, 0.4) is 0 Å². The van der Waals surface area contributed by atoms with Gasteiger partial charge in [-0.3, -0.25) is 0 Å². The Morgan fingerprint density at radius 2 is 2.41 bits per heavy atom. The molecule has 1 aromatic rings. The monoisotopic (exact) mass is 234 g/mol. The lowest BCUT2D eigenvalue weighted by molar-refractivity contribution is 0.336. The van der Waals surface area contributed by atoms with E-state index in [1.54, 1.807) is 7.11 Å². The zero-order valence-electron chi connectivity index (χ0n) is 10.5. The molecule has 3 nitrogen and oxygen atoms in total. The van der Waals surface area contributed by atoms with Gasteiger partial charge in [0, 0.05) is 6.04 Å². The zero-order chi connectivity index (χ0) is 12.1. The summed E-state index contributed by atoms with van der Waals surface area (Å²) in [5.41, 5.74) is 7.44. The Labute approximate surface area is 103 Å². The van der Waals surface area contributed by atoms with Crippen molar-refractivity contribution in [1.82, 2.24) is 5.32 Å². The fraction of sp³-hybridized carbons (Fsp3) is 0.571. The summed E-state index contributed by atoms with van der Waals surface area (Å²) in [5, 5.41) is 3.43. The van der Waals surface area contributed by atoms with E-state index in [0.29, 0.717) is 5.92 Å². The van der Waals surface area contributed by atoms with Gasteiger partial charge in [0.05, 0.1) is 7.11 Å². The molecule has 2 rings (SSSR count). The maximum atomic E-state index is 6.27. The van der Waals surface area contributed by atoms with Crippen LogP contribution in [0.2, 0.25) is 0 Å². The molecule has 0 radical (unpaired) electrons. The summed E-state index contributed by atoms with van der Waals surface area (Å²) in [6, 6.07) is 8.21. The van der Waals surface area contributed by atoms with Gasteiger partial charge in [0.1, 0.15) is 5.75 Å². The second kappa shape index (κ2) is 6.03. The van der Waals surface area contributed by atoms with Crippen LogP contribution in [0.15, 0.2) is 24.3 Å². The van der Waals surface area contributed by atoms with Crippen molar-refractivity contribution in [1.29, 1.82) is 0 Å². The predicted octanol–water partition coefficient (Wildman–Crippen LogP) is 2.08. The molecular formula is C14H22N2O. The van der Waals surface area contributed by atoms with Crippen LogP contribution in [0.1, 0.15) is 30.9 Å². The third kappa shape index (κ3) is 3.45. The number of hydrogen-bond acceptors (Lipinski definition) is 3. The van der Waals surface area contributed by atoms with Crippen molar-refractivity contribution in [3.05, 3.63) is 29.8 Å². The fourth-order valence-electron chi connectivity index (χ4n) is 2.49. The maximum absolute atomic E-state index is 6.27. The smallest absolute Gasteiger partial charge is 0.119 e. The average Bonchev–Trinajstić information content (AvgIpc) is 2.40. The van der Waals surface area contributed by atoms with Gasteiger partial charge in [-0.25, -0.2) is 0 Å². The quantitative estimate of drug-likeness (QED) is 0.838. The van der Waals surface area contributed by atoms with Gasteiger partial charge in [0.2, 0.25) is 0 Å². The van der Waals surface area contributed by atoms with Gasteiger partial charge in [-0.1, -0.05) is 12.1 Å². The van der Waals surface area contributed by atoms with E-state index in [4.69, 9.17) is 10.5 Å². The number of rotatable bonds is 4. The standard InChI is InChI=1S/C14H22N2O/c1-17-13-6-2-5-12(9-13)14(15)8-11-4-3-7-16-10-11/h2,5-6,9,11,14,16H,3-4,7-8,10,15H2,1H3. The molecule has 1 heterocycles. The second-order valence-electron chi connectivity index (χ2n) is 4.83. The largest absolute Gasteiger partial charge is 0.497 e. The van der Waals surface area contributed by atoms with Crippen molar-refractivity contribution >= 4 is 0 Å². The van der Waals surface area contributed by atoms with Gasteiger partial charge in [-0.15, -0.1) is 0 Å². The van der Waals surface area contributed by atoms with Gasteiger partial charge in [-0.2, -0.15) is 0 Å². The summed E-state index contributed by atoms with van der Waals surface area (Å²) in [6.07, 6.45) is 3.63. The number of nitrogens with two attached hydrogens (primary N) is 1. The highest BCUT2D eigenvalue weighted by atomic mass is 16.5. The van der Waals surface area contributed by atoms with E-state index >= 15 is 0 Å². The zero-order valence-corrected chi connectivity index (χ0v) is 10.5. The predicted molar refractivity (Wildman–Crippen MR) is 70.1 cm³/mol. The lowest BCUT2D eigenvalue weighted by atomic mass is 9.90. The minimum Gasteiger partial charge on any atom is -0.497 e. The molecule has 0 saturated carbocycles. The van der Waals surface area contributed by atoms with E-state index in [2.05, 4.69) is 11.4 Å². The van der Waals surface area contributed by atoms with Crippen LogP contribution in [-0.4, -0.2) is 20.2 Å². The van der Waals surface area contributed by atoms with Crippen molar-refractivity contribution in [2.45, 2.75) is 25.3 Å². The van der Waals surface area contributed by atoms with Crippen molar-refractivity contribution in [3.8, 4) is 5.75 Å². The van der Waals surface area contributed by atoms with Crippen LogP contribution in [0, 0.1) is 5.92 Å². The van der Waals surface area contributed by atoms with Crippen molar-refractivity contribution in [2.24, 2.45) is 11.7 Å². The van der Waals surface area contributed by atoms with E-state index in [-0.39, 0.29) is 6.04 Å². The lowest BCUT2D eigenvalue weighted by Gasteiger charge is -2.25. The van der Waals surface area contributed by atoms with Gasteiger partial charge in [0.25, 0.3) is 0 Å². The first kappa shape index (κ1) is 12.4. The Morgan fingerprint density at radius 3 is 3.12 bits per heavy atom. The number of piperidine rings is 1. The average molecular weight is 234 g/mol. The Kier molecular flexibility index (Phi) is 4.40. The molecule has 3 N–H and O–H groups in total. The van der Waals surface area contributed by atoms with E-state index in [1.807, 2.05) is 18.2 Å². The molecule has 0 aliphatic carbocycles. The summed E-state index contributed by atoms with van der Waals surface area (Å²) < 4.78 is 5.23. The van der Waals surface area contributed by atoms with E-state index in [0.717, 1.165) is 25.3 Å². The van der Waals surface area contributed by atoms with Crippen molar-refractivity contribution < 1.29 is 4.74 Å². The van der Waals surface area contributed by atoms with Crippen LogP contribution < -0.4 is 15.8 Å². The van der Waals surface area contributed by atoms with Gasteiger partial charge < -0.3 is 15.8 Å². The van der Waals surface area contributed by atoms with E-state index in [1.165, 1.54) is 18.4 Å². The Morgan fingerprint density at radius 1 is 1.53 bits per heavy atom. The van der Waals surface area contributed by atoms with Crippen LogP contribution in [-0.2, 0) is 0 Å². The number of hydrogen-bond donors (Lipinski definition) is 2. The molecule has 94 valence electrons. The highest BCUT2D eigenvalue weighted by Crippen LogP contribution is 2.25. The summed E-state index contributed by atoms with van der Waals surface area (Å²) in [4.78, 5) is 0. The van der Waals surface area contributed by atoms with Crippen molar-refractivity contribution in [3.63, 3.8) is 0 Å². The number of nitrogens with one attached hydrogen (secondary N) is 1. The maximum Gasteiger partial charge on any atom is 0.119 e. The number of ether oxygens (including phenoxy) is 1. The fourth-order valence-corrected chi connectivity index (χ4v) is 2.49. The molecule has 1 fully saturated rings. The molecule has 0 bridgehead atoms. The summed E-state index contributed by atoms with van der Waals surface area (Å²) in [7, 11) is 1.69. The molecule has 17 heavy (non-hydrogen) atoms. The van der Waals surface area contributed by atoms with Gasteiger partial charge >= 0.3 is 0 Å². The van der Waals surface area contributed by atoms with Crippen LogP contribution in [0.4, 0.5) is 0 Å². The Balaban J connectivity index is 1.95. The topological polar surface area (TPSA) is 47.3 Å². The first-order chi connectivity index (χ1) is 8.29. The lowest BCUT2D eigenvalue weighted by Crippen LogP contribution is -2.31. The molecule has 1 aliphatic rings. The number of benzene rings is 1. The van der Waals surface area contributed by atoms with Crippen LogP contribution in [0.5, 0.6) is 5.75 Å². The molecule has 0 aromatic heterocycles. The van der Waals surface area contributed by atoms with E-state index < -0.39 is 0 Å². The van der Waals surface area contributed by atoms with Crippen LogP contribution in [0.25, 0.3) is 0 Å². The second-order valence-corrected chi connectivity index (χ2v) is 4.83. The minimum absolute atomic E-state index is 0.120. The van der Waals surface area contributed by atoms with E-state index in [9.17, 15) is 0 Å².